The summed E-state index contributed by atoms with van der Waals surface area (Å²) >= 11 is 0. The number of carbonyl (C=O) groups excluding carboxylic acids is 2. The van der Waals surface area contributed by atoms with E-state index in [0.29, 0.717) is 13.0 Å². The van der Waals surface area contributed by atoms with Crippen molar-refractivity contribution in [3.05, 3.63) is 0 Å². The van der Waals surface area contributed by atoms with Crippen LogP contribution in [0.1, 0.15) is 20.3 Å². The van der Waals surface area contributed by atoms with Gasteiger partial charge in [0.2, 0.25) is 0 Å². The molecule has 0 aliphatic carbocycles. The third kappa shape index (κ3) is 3.48. The van der Waals surface area contributed by atoms with Gasteiger partial charge in [0.05, 0.1) is 19.8 Å². The number of hydrogen-bond acceptors (Lipinski definition) is 5. The van der Waals surface area contributed by atoms with E-state index in [9.17, 15) is 9.59 Å². The summed E-state index contributed by atoms with van der Waals surface area (Å²) in [5, 5.41) is 2.44. The van der Waals surface area contributed by atoms with Crippen molar-refractivity contribution < 1.29 is 19.1 Å². The Bertz CT molecular complexity index is 285. The number of nitrogens with zero attached hydrogens (tertiary/aromatic N) is 2. The number of nitrogens with two attached hydrogens (primary N) is 1. The van der Waals surface area contributed by atoms with Gasteiger partial charge in [-0.05, 0) is 20.3 Å². The Balaban J connectivity index is 2.70. The molecule has 2 N–H and O–H groups in total. The van der Waals surface area contributed by atoms with Crippen molar-refractivity contribution in [3.8, 4) is 0 Å². The van der Waals surface area contributed by atoms with E-state index in [1.54, 1.807) is 13.8 Å². The average molecular weight is 245 g/mol. The van der Waals surface area contributed by atoms with Gasteiger partial charge in [-0.1, -0.05) is 0 Å². The lowest BCUT2D eigenvalue weighted by atomic mass is 10.2. The first-order valence-electron chi connectivity index (χ1n) is 5.74. The Kier molecular flexibility index (Phi) is 5.02. The zero-order valence-electron chi connectivity index (χ0n) is 10.2. The molecule has 0 spiro atoms. The Morgan fingerprint density at radius 2 is 1.71 bits per heavy atom. The molecule has 2 amide bonds. The number of carbonyl (C=O) groups is 2. The van der Waals surface area contributed by atoms with Crippen LogP contribution in [0.2, 0.25) is 0 Å². The maximum atomic E-state index is 11.7. The van der Waals surface area contributed by atoms with Gasteiger partial charge in [0.1, 0.15) is 0 Å². The molecule has 0 radical (unpaired) electrons. The molecule has 1 atom stereocenters. The van der Waals surface area contributed by atoms with Gasteiger partial charge >= 0.3 is 12.2 Å². The first-order valence-corrected chi connectivity index (χ1v) is 5.74. The van der Waals surface area contributed by atoms with Crippen LogP contribution in [0.4, 0.5) is 9.59 Å². The highest BCUT2D eigenvalue weighted by Gasteiger charge is 2.33. The topological polar surface area (TPSA) is 85.1 Å². The minimum atomic E-state index is -0.573. The second-order valence-electron chi connectivity index (χ2n) is 3.65. The molecular weight excluding hydrogens is 226 g/mol. The van der Waals surface area contributed by atoms with Crippen molar-refractivity contribution >= 4 is 12.2 Å². The van der Waals surface area contributed by atoms with E-state index in [0.717, 1.165) is 0 Å². The summed E-state index contributed by atoms with van der Waals surface area (Å²) in [6.45, 7) is 4.55. The third-order valence-corrected chi connectivity index (χ3v) is 2.37. The Morgan fingerprint density at radius 3 is 2.24 bits per heavy atom. The predicted molar refractivity (Wildman–Crippen MR) is 60.0 cm³/mol. The standard InChI is InChI=1S/C10H19N3O4/c1-3-16-9(14)12-6-5-8(11)7-13(12)10(15)17-4-2/h8H,3-7,11H2,1-2H3. The highest BCUT2D eigenvalue weighted by molar-refractivity contribution is 5.74. The quantitative estimate of drug-likeness (QED) is 0.767. The van der Waals surface area contributed by atoms with Crippen molar-refractivity contribution in [1.82, 2.24) is 10.0 Å². The maximum Gasteiger partial charge on any atom is 0.428 e. The summed E-state index contributed by atoms with van der Waals surface area (Å²) in [4.78, 5) is 23.3. The Morgan fingerprint density at radius 1 is 1.18 bits per heavy atom. The smallest absolute Gasteiger partial charge is 0.428 e. The fraction of sp³-hybridized carbons (Fsp3) is 0.800. The zero-order valence-corrected chi connectivity index (χ0v) is 10.2. The maximum absolute atomic E-state index is 11.7. The molecule has 0 aromatic heterocycles. The number of rotatable bonds is 2. The van der Waals surface area contributed by atoms with Crippen LogP contribution in [0, 0.1) is 0 Å². The first-order chi connectivity index (χ1) is 8.10. The minimum Gasteiger partial charge on any atom is -0.448 e. The number of amides is 2. The van der Waals surface area contributed by atoms with Crippen LogP contribution in [0.25, 0.3) is 0 Å². The molecule has 17 heavy (non-hydrogen) atoms. The largest absolute Gasteiger partial charge is 0.448 e. The lowest BCUT2D eigenvalue weighted by Gasteiger charge is -2.38. The normalized spacial score (nSPS) is 20.1. The Labute approximate surface area is 100 Å². The van der Waals surface area contributed by atoms with Crippen molar-refractivity contribution in [2.24, 2.45) is 5.73 Å². The molecule has 0 aromatic carbocycles. The highest BCUT2D eigenvalue weighted by atomic mass is 16.6. The Hall–Kier alpha value is -1.50. The van der Waals surface area contributed by atoms with Crippen LogP contribution >= 0.6 is 0 Å². The van der Waals surface area contributed by atoms with Crippen LogP contribution in [0.5, 0.6) is 0 Å². The van der Waals surface area contributed by atoms with Crippen molar-refractivity contribution in [2.45, 2.75) is 26.3 Å². The summed E-state index contributed by atoms with van der Waals surface area (Å²) in [6.07, 6.45) is -0.488. The van der Waals surface area contributed by atoms with Crippen LogP contribution in [0.3, 0.4) is 0 Å². The molecule has 0 aromatic rings. The molecule has 1 fully saturated rings. The molecule has 0 bridgehead atoms. The minimum absolute atomic E-state index is 0.148. The van der Waals surface area contributed by atoms with Gasteiger partial charge in [0, 0.05) is 12.6 Å². The van der Waals surface area contributed by atoms with E-state index < -0.39 is 12.2 Å². The average Bonchev–Trinajstić information content (AvgIpc) is 2.29. The van der Waals surface area contributed by atoms with Crippen molar-refractivity contribution in [3.63, 3.8) is 0 Å². The number of ether oxygens (including phenoxy) is 2. The molecule has 7 heteroatoms. The van der Waals surface area contributed by atoms with Gasteiger partial charge in [-0.2, -0.15) is 0 Å². The molecule has 1 saturated heterocycles. The van der Waals surface area contributed by atoms with Crippen LogP contribution in [-0.4, -0.2) is 54.5 Å². The summed E-state index contributed by atoms with van der Waals surface area (Å²) in [5.41, 5.74) is 5.77. The molecule has 1 unspecified atom stereocenters. The van der Waals surface area contributed by atoms with Gasteiger partial charge in [0.25, 0.3) is 0 Å². The third-order valence-electron chi connectivity index (χ3n) is 2.37. The molecular formula is C10H19N3O4. The molecule has 7 nitrogen and oxygen atoms in total. The SMILES string of the molecule is CCOC(=O)N1CCC(N)CN1C(=O)OCC. The number of hydrazine groups is 1. The van der Waals surface area contributed by atoms with Gasteiger partial charge in [-0.25, -0.2) is 19.6 Å². The summed E-state index contributed by atoms with van der Waals surface area (Å²) in [6, 6.07) is -0.148. The van der Waals surface area contributed by atoms with E-state index in [4.69, 9.17) is 15.2 Å². The van der Waals surface area contributed by atoms with E-state index in [-0.39, 0.29) is 25.8 Å². The highest BCUT2D eigenvalue weighted by Crippen LogP contribution is 2.13. The van der Waals surface area contributed by atoms with Gasteiger partial charge in [-0.3, -0.25) is 0 Å². The molecule has 1 aliphatic rings. The lowest BCUT2D eigenvalue weighted by Crippen LogP contribution is -2.58. The monoisotopic (exact) mass is 245 g/mol. The fourth-order valence-corrected chi connectivity index (χ4v) is 1.58. The molecule has 1 rings (SSSR count). The van der Waals surface area contributed by atoms with Crippen LogP contribution in [0.15, 0.2) is 0 Å². The molecule has 0 saturated carbocycles. The fourth-order valence-electron chi connectivity index (χ4n) is 1.58. The van der Waals surface area contributed by atoms with E-state index in [1.165, 1.54) is 10.0 Å². The van der Waals surface area contributed by atoms with Crippen molar-refractivity contribution in [2.75, 3.05) is 26.3 Å². The predicted octanol–water partition coefficient (Wildman–Crippen LogP) is 0.549. The van der Waals surface area contributed by atoms with Gasteiger partial charge in [0.15, 0.2) is 0 Å². The van der Waals surface area contributed by atoms with Crippen LogP contribution < -0.4 is 5.73 Å². The second kappa shape index (κ2) is 6.29. The van der Waals surface area contributed by atoms with E-state index >= 15 is 0 Å². The lowest BCUT2D eigenvalue weighted by molar-refractivity contribution is -0.0403. The molecule has 98 valence electrons. The molecule has 1 aliphatic heterocycles. The van der Waals surface area contributed by atoms with Gasteiger partial charge < -0.3 is 15.2 Å². The summed E-state index contributed by atoms with van der Waals surface area (Å²) in [7, 11) is 0. The first kappa shape index (κ1) is 13.6. The van der Waals surface area contributed by atoms with E-state index in [2.05, 4.69) is 0 Å². The second-order valence-corrected chi connectivity index (χ2v) is 3.65. The number of hydrogen-bond donors (Lipinski definition) is 1. The van der Waals surface area contributed by atoms with Crippen LogP contribution in [-0.2, 0) is 9.47 Å². The summed E-state index contributed by atoms with van der Waals surface area (Å²) in [5.74, 6) is 0. The van der Waals surface area contributed by atoms with E-state index in [1.807, 2.05) is 0 Å². The molecule has 1 heterocycles. The zero-order chi connectivity index (χ0) is 12.8. The van der Waals surface area contributed by atoms with Gasteiger partial charge in [-0.15, -0.1) is 0 Å². The summed E-state index contributed by atoms with van der Waals surface area (Å²) < 4.78 is 9.74. The van der Waals surface area contributed by atoms with Crippen molar-refractivity contribution in [1.29, 1.82) is 0 Å².